The first kappa shape index (κ1) is 17.6. The van der Waals surface area contributed by atoms with Crippen molar-refractivity contribution in [1.29, 1.82) is 0 Å². The lowest BCUT2D eigenvalue weighted by molar-refractivity contribution is 0.428. The fraction of sp³-hybridized carbons (Fsp3) is 0.625. The van der Waals surface area contributed by atoms with Crippen LogP contribution in [0.15, 0.2) is 6.33 Å². The summed E-state index contributed by atoms with van der Waals surface area (Å²) in [6.07, 6.45) is 8.36. The first-order chi connectivity index (χ1) is 11.5. The summed E-state index contributed by atoms with van der Waals surface area (Å²) in [5.41, 5.74) is 1.41. The third kappa shape index (κ3) is 3.70. The Hall–Kier alpha value is -1.25. The van der Waals surface area contributed by atoms with Gasteiger partial charge in [0.25, 0.3) is 0 Å². The van der Waals surface area contributed by atoms with E-state index >= 15 is 0 Å². The van der Waals surface area contributed by atoms with Crippen LogP contribution in [0.3, 0.4) is 0 Å². The second-order valence-corrected chi connectivity index (χ2v) is 9.21. The summed E-state index contributed by atoms with van der Waals surface area (Å²) in [7, 11) is -3.12. The molecule has 6 nitrogen and oxygen atoms in total. The molecule has 8 heteroatoms. The molecule has 0 aromatic carbocycles. The molecule has 0 saturated heterocycles. The number of aryl methyl sites for hydroxylation is 2. The zero-order valence-electron chi connectivity index (χ0n) is 14.2. The fourth-order valence-electron chi connectivity index (χ4n) is 3.24. The van der Waals surface area contributed by atoms with Crippen LogP contribution in [0.2, 0.25) is 0 Å². The van der Waals surface area contributed by atoms with E-state index in [4.69, 9.17) is 0 Å². The van der Waals surface area contributed by atoms with Crippen molar-refractivity contribution in [1.82, 2.24) is 14.3 Å². The van der Waals surface area contributed by atoms with Crippen molar-refractivity contribution in [3.8, 4) is 0 Å². The van der Waals surface area contributed by atoms with Crippen LogP contribution in [0.4, 0.5) is 5.82 Å². The molecule has 0 spiro atoms. The van der Waals surface area contributed by atoms with Gasteiger partial charge in [0.1, 0.15) is 17.0 Å². The molecule has 0 atom stereocenters. The molecule has 2 heterocycles. The second kappa shape index (κ2) is 7.33. The highest BCUT2D eigenvalue weighted by molar-refractivity contribution is 7.88. The number of nitrogens with one attached hydrogen (secondary N) is 1. The molecule has 0 bridgehead atoms. The van der Waals surface area contributed by atoms with Crippen LogP contribution in [-0.2, 0) is 22.9 Å². The monoisotopic (exact) mass is 368 g/mol. The summed E-state index contributed by atoms with van der Waals surface area (Å²) in [5, 5.41) is 4.56. The number of hydrogen-bond donors (Lipinski definition) is 1. The molecule has 132 valence electrons. The summed E-state index contributed by atoms with van der Waals surface area (Å²) >= 11 is 1.79. The average Bonchev–Trinajstić information content (AvgIpc) is 2.92. The first-order valence-corrected chi connectivity index (χ1v) is 11.1. The maximum Gasteiger partial charge on any atom is 0.211 e. The van der Waals surface area contributed by atoms with Gasteiger partial charge in [-0.25, -0.2) is 22.7 Å². The molecule has 0 amide bonds. The lowest BCUT2D eigenvalue weighted by Crippen LogP contribution is -2.31. The molecule has 0 radical (unpaired) electrons. The van der Waals surface area contributed by atoms with Gasteiger partial charge < -0.3 is 5.32 Å². The number of thiophene rings is 1. The number of fused-ring (bicyclic) bond motifs is 3. The number of rotatable bonds is 7. The van der Waals surface area contributed by atoms with Gasteiger partial charge in [0.05, 0.1) is 11.6 Å². The molecule has 0 saturated carbocycles. The lowest BCUT2D eigenvalue weighted by Gasteiger charge is -2.18. The van der Waals surface area contributed by atoms with Crippen LogP contribution in [0.25, 0.3) is 10.2 Å². The van der Waals surface area contributed by atoms with Gasteiger partial charge in [0, 0.05) is 24.5 Å². The van der Waals surface area contributed by atoms with E-state index in [0.29, 0.717) is 19.6 Å². The first-order valence-electron chi connectivity index (χ1n) is 8.45. The molecule has 1 aliphatic carbocycles. The summed E-state index contributed by atoms with van der Waals surface area (Å²) in [5.74, 6) is 0.891. The van der Waals surface area contributed by atoms with Gasteiger partial charge in [-0.1, -0.05) is 6.92 Å². The molecule has 1 N–H and O–H groups in total. The van der Waals surface area contributed by atoms with E-state index in [2.05, 4.69) is 15.3 Å². The summed E-state index contributed by atoms with van der Waals surface area (Å²) in [6.45, 7) is 3.59. The van der Waals surface area contributed by atoms with Crippen molar-refractivity contribution >= 4 is 37.4 Å². The quantitative estimate of drug-likeness (QED) is 0.761. The zero-order valence-corrected chi connectivity index (χ0v) is 15.8. The summed E-state index contributed by atoms with van der Waals surface area (Å²) < 4.78 is 24.7. The molecule has 0 unspecified atom stereocenters. The summed E-state index contributed by atoms with van der Waals surface area (Å²) in [4.78, 5) is 11.4. The lowest BCUT2D eigenvalue weighted by atomic mass is 9.97. The van der Waals surface area contributed by atoms with E-state index in [1.165, 1.54) is 39.2 Å². The maximum absolute atomic E-state index is 11.6. The van der Waals surface area contributed by atoms with Gasteiger partial charge in [-0.2, -0.15) is 0 Å². The van der Waals surface area contributed by atoms with Crippen LogP contribution in [0, 0.1) is 0 Å². The predicted octanol–water partition coefficient (Wildman–Crippen LogP) is 2.65. The van der Waals surface area contributed by atoms with Crippen LogP contribution in [0.1, 0.15) is 36.6 Å². The van der Waals surface area contributed by atoms with Gasteiger partial charge in [-0.3, -0.25) is 0 Å². The Balaban J connectivity index is 1.69. The van der Waals surface area contributed by atoms with E-state index in [-0.39, 0.29) is 0 Å². The molecule has 2 aromatic heterocycles. The van der Waals surface area contributed by atoms with Crippen LogP contribution in [0.5, 0.6) is 0 Å². The third-order valence-corrected chi connectivity index (χ3v) is 7.03. The minimum atomic E-state index is -3.12. The van der Waals surface area contributed by atoms with Crippen molar-refractivity contribution in [2.75, 3.05) is 31.2 Å². The SMILES string of the molecule is CCN(CCCNc1ncnc2sc3c(c12)CCCC3)S(C)(=O)=O. The largest absolute Gasteiger partial charge is 0.369 e. The van der Waals surface area contributed by atoms with E-state index in [0.717, 1.165) is 29.9 Å². The van der Waals surface area contributed by atoms with E-state index in [1.807, 2.05) is 6.92 Å². The van der Waals surface area contributed by atoms with E-state index in [9.17, 15) is 8.42 Å². The minimum absolute atomic E-state index is 0.509. The Labute approximate surface area is 147 Å². The fourth-order valence-corrected chi connectivity index (χ4v) is 5.40. The highest BCUT2D eigenvalue weighted by atomic mass is 32.2. The molecule has 0 fully saturated rings. The molecular weight excluding hydrogens is 344 g/mol. The highest BCUT2D eigenvalue weighted by Crippen LogP contribution is 2.37. The van der Waals surface area contributed by atoms with Crippen molar-refractivity contribution in [2.45, 2.75) is 39.0 Å². The third-order valence-electron chi connectivity index (χ3n) is 4.45. The van der Waals surface area contributed by atoms with Gasteiger partial charge in [0.15, 0.2) is 0 Å². The van der Waals surface area contributed by atoms with Gasteiger partial charge in [0.2, 0.25) is 10.0 Å². The maximum atomic E-state index is 11.6. The van der Waals surface area contributed by atoms with Gasteiger partial charge >= 0.3 is 0 Å². The average molecular weight is 369 g/mol. The zero-order chi connectivity index (χ0) is 17.2. The Kier molecular flexibility index (Phi) is 5.36. The smallest absolute Gasteiger partial charge is 0.211 e. The standard InChI is InChI=1S/C16H24N4O2S2/c1-3-20(24(2,21)22)10-6-9-17-15-14-12-7-4-5-8-13(12)23-16(14)19-11-18-15/h11H,3-10H2,1-2H3,(H,17,18,19). The van der Waals surface area contributed by atoms with Gasteiger partial charge in [-0.05, 0) is 37.7 Å². The Bertz CT molecular complexity index is 817. The Morgan fingerprint density at radius 1 is 1.29 bits per heavy atom. The molecule has 1 aliphatic rings. The predicted molar refractivity (Wildman–Crippen MR) is 99.3 cm³/mol. The number of hydrogen-bond acceptors (Lipinski definition) is 6. The van der Waals surface area contributed by atoms with E-state index in [1.54, 1.807) is 17.7 Å². The molecule has 3 rings (SSSR count). The van der Waals surface area contributed by atoms with Crippen molar-refractivity contribution in [3.63, 3.8) is 0 Å². The minimum Gasteiger partial charge on any atom is -0.369 e. The number of nitrogens with zero attached hydrogens (tertiary/aromatic N) is 3. The van der Waals surface area contributed by atoms with Crippen molar-refractivity contribution in [2.24, 2.45) is 0 Å². The summed E-state index contributed by atoms with van der Waals surface area (Å²) in [6, 6.07) is 0. The Morgan fingerprint density at radius 2 is 2.08 bits per heavy atom. The van der Waals surface area contributed by atoms with Crippen LogP contribution in [-0.4, -0.2) is 48.6 Å². The van der Waals surface area contributed by atoms with E-state index < -0.39 is 10.0 Å². The molecule has 2 aromatic rings. The Morgan fingerprint density at radius 3 is 2.83 bits per heavy atom. The number of aromatic nitrogens is 2. The normalized spacial score (nSPS) is 15.0. The van der Waals surface area contributed by atoms with Crippen LogP contribution >= 0.6 is 11.3 Å². The molecule has 24 heavy (non-hydrogen) atoms. The van der Waals surface area contributed by atoms with Crippen molar-refractivity contribution in [3.05, 3.63) is 16.8 Å². The van der Waals surface area contributed by atoms with Gasteiger partial charge in [-0.15, -0.1) is 11.3 Å². The number of sulfonamides is 1. The second-order valence-electron chi connectivity index (χ2n) is 6.15. The highest BCUT2D eigenvalue weighted by Gasteiger charge is 2.19. The van der Waals surface area contributed by atoms with Crippen molar-refractivity contribution < 1.29 is 8.42 Å². The molecular formula is C16H24N4O2S2. The molecule has 0 aliphatic heterocycles. The topological polar surface area (TPSA) is 75.2 Å². The number of anilines is 1. The van der Waals surface area contributed by atoms with Crippen LogP contribution < -0.4 is 5.32 Å².